The van der Waals surface area contributed by atoms with E-state index in [0.717, 1.165) is 25.7 Å². The van der Waals surface area contributed by atoms with Crippen molar-refractivity contribution in [3.05, 3.63) is 0 Å². The Balaban J connectivity index is 0. The number of carboxylic acids is 2. The van der Waals surface area contributed by atoms with Crippen molar-refractivity contribution in [3.8, 4) is 0 Å². The molecule has 4 N–H and O–H groups in total. The molecule has 0 rings (SSSR count). The molecule has 8 nitrogen and oxygen atoms in total. The first-order valence-corrected chi connectivity index (χ1v) is 14.3. The number of carboxylic acid groups (broad SMARTS) is 2. The average Bonchev–Trinajstić information content (AvgIpc) is 2.84. The predicted molar refractivity (Wildman–Crippen MR) is 145 cm³/mol. The molecule has 0 unspecified atom stereocenters. The highest BCUT2D eigenvalue weighted by atomic mass is 16.4. The number of carbonyl (C=O) groups is 4. The Bertz CT molecular complexity index is 506. The van der Waals surface area contributed by atoms with Gasteiger partial charge >= 0.3 is 11.9 Å². The molecule has 212 valence electrons. The van der Waals surface area contributed by atoms with Gasteiger partial charge in [-0.25, -0.2) is 0 Å². The maximum Gasteiger partial charge on any atom is 0.322 e. The van der Waals surface area contributed by atoms with Gasteiger partial charge in [-0.3, -0.25) is 19.2 Å². The lowest BCUT2D eigenvalue weighted by molar-refractivity contribution is -0.138. The Morgan fingerprint density at radius 2 is 0.694 bits per heavy atom. The lowest BCUT2D eigenvalue weighted by atomic mass is 10.1. The third-order valence-corrected chi connectivity index (χ3v) is 5.89. The van der Waals surface area contributed by atoms with Gasteiger partial charge in [-0.15, -0.1) is 0 Å². The zero-order valence-electron chi connectivity index (χ0n) is 23.1. The van der Waals surface area contributed by atoms with Crippen LogP contribution in [0.25, 0.3) is 0 Å². The van der Waals surface area contributed by atoms with E-state index in [-0.39, 0.29) is 24.9 Å². The maximum absolute atomic E-state index is 11.2. The number of hydrogen-bond donors (Lipinski definition) is 4. The molecule has 0 aliphatic carbocycles. The van der Waals surface area contributed by atoms with Crippen LogP contribution in [-0.4, -0.2) is 47.1 Å². The predicted octanol–water partition coefficient (Wildman–Crippen LogP) is 6.22. The summed E-state index contributed by atoms with van der Waals surface area (Å²) < 4.78 is 0. The van der Waals surface area contributed by atoms with Crippen molar-refractivity contribution in [1.82, 2.24) is 10.6 Å². The average molecular weight is 515 g/mol. The quantitative estimate of drug-likeness (QED) is 0.113. The summed E-state index contributed by atoms with van der Waals surface area (Å²) in [6.45, 7) is 3.90. The molecular formula is C28H54N2O6. The Kier molecular flexibility index (Phi) is 29.1. The van der Waals surface area contributed by atoms with E-state index in [1.165, 1.54) is 89.9 Å². The fourth-order valence-electron chi connectivity index (χ4n) is 3.72. The third-order valence-electron chi connectivity index (χ3n) is 5.89. The summed E-state index contributed by atoms with van der Waals surface area (Å²) in [5.74, 6) is -2.29. The number of carbonyl (C=O) groups excluding carboxylic acids is 2. The number of amides is 2. The van der Waals surface area contributed by atoms with E-state index in [9.17, 15) is 19.2 Å². The van der Waals surface area contributed by atoms with Gasteiger partial charge in [0.1, 0.15) is 13.1 Å². The summed E-state index contributed by atoms with van der Waals surface area (Å²) >= 11 is 0. The van der Waals surface area contributed by atoms with Crippen LogP contribution < -0.4 is 10.6 Å². The van der Waals surface area contributed by atoms with Crippen LogP contribution in [0.1, 0.15) is 142 Å². The SMILES string of the molecule is CCCCCCCCCCCC(=O)NCC(=O)O.CCCCCCCCCCCC(=O)NCC(=O)O. The van der Waals surface area contributed by atoms with E-state index in [1.807, 2.05) is 0 Å². The first kappa shape index (κ1) is 36.0. The molecule has 36 heavy (non-hydrogen) atoms. The molecule has 2 amide bonds. The van der Waals surface area contributed by atoms with Gasteiger partial charge in [0.25, 0.3) is 0 Å². The second kappa shape index (κ2) is 29.1. The number of hydrogen-bond acceptors (Lipinski definition) is 4. The first-order chi connectivity index (χ1) is 17.3. The molecule has 0 heterocycles. The van der Waals surface area contributed by atoms with Gasteiger partial charge in [0.15, 0.2) is 0 Å². The second-order valence-corrected chi connectivity index (χ2v) is 9.50. The molecule has 0 spiro atoms. The molecule has 0 aromatic heterocycles. The maximum atomic E-state index is 11.2. The van der Waals surface area contributed by atoms with Crippen LogP contribution in [0, 0.1) is 0 Å². The topological polar surface area (TPSA) is 133 Å². The summed E-state index contributed by atoms with van der Waals surface area (Å²) in [6.07, 6.45) is 22.8. The van der Waals surface area contributed by atoms with Gasteiger partial charge in [0.05, 0.1) is 0 Å². The van der Waals surface area contributed by atoms with E-state index in [0.29, 0.717) is 12.8 Å². The second-order valence-electron chi connectivity index (χ2n) is 9.50. The minimum Gasteiger partial charge on any atom is -0.480 e. The fourth-order valence-corrected chi connectivity index (χ4v) is 3.72. The molecule has 0 radical (unpaired) electrons. The Hall–Kier alpha value is -2.12. The Morgan fingerprint density at radius 1 is 0.444 bits per heavy atom. The molecule has 0 aromatic carbocycles. The van der Waals surface area contributed by atoms with E-state index in [1.54, 1.807) is 0 Å². The van der Waals surface area contributed by atoms with E-state index in [4.69, 9.17) is 10.2 Å². The molecule has 8 heteroatoms. The monoisotopic (exact) mass is 514 g/mol. The van der Waals surface area contributed by atoms with Crippen molar-refractivity contribution >= 4 is 23.8 Å². The summed E-state index contributed by atoms with van der Waals surface area (Å²) in [5.41, 5.74) is 0. The summed E-state index contributed by atoms with van der Waals surface area (Å²) in [6, 6.07) is 0. The molecule has 0 aromatic rings. The Labute approximate surface area is 219 Å². The number of aliphatic carboxylic acids is 2. The molecule has 0 atom stereocenters. The van der Waals surface area contributed by atoms with Gasteiger partial charge < -0.3 is 20.8 Å². The highest BCUT2D eigenvalue weighted by molar-refractivity contribution is 5.81. The van der Waals surface area contributed by atoms with Gasteiger partial charge in [0.2, 0.25) is 11.8 Å². The van der Waals surface area contributed by atoms with Crippen molar-refractivity contribution in [3.63, 3.8) is 0 Å². The summed E-state index contributed by atoms with van der Waals surface area (Å²) in [4.78, 5) is 42.8. The minimum absolute atomic E-state index is 0.152. The lowest BCUT2D eigenvalue weighted by Crippen LogP contribution is -2.28. The van der Waals surface area contributed by atoms with E-state index >= 15 is 0 Å². The van der Waals surface area contributed by atoms with Crippen molar-refractivity contribution in [2.45, 2.75) is 142 Å². The van der Waals surface area contributed by atoms with Crippen LogP contribution in [0.3, 0.4) is 0 Å². The van der Waals surface area contributed by atoms with Gasteiger partial charge in [0, 0.05) is 12.8 Å². The van der Waals surface area contributed by atoms with E-state index in [2.05, 4.69) is 24.5 Å². The minimum atomic E-state index is -0.990. The van der Waals surface area contributed by atoms with Crippen LogP contribution in [-0.2, 0) is 19.2 Å². The van der Waals surface area contributed by atoms with E-state index < -0.39 is 11.9 Å². The smallest absolute Gasteiger partial charge is 0.322 e. The normalized spacial score (nSPS) is 10.3. The van der Waals surface area contributed by atoms with Crippen molar-refractivity contribution in [2.75, 3.05) is 13.1 Å². The molecule has 0 aliphatic heterocycles. The zero-order chi connectivity index (χ0) is 27.3. The highest BCUT2D eigenvalue weighted by Gasteiger charge is 2.04. The van der Waals surface area contributed by atoms with Crippen LogP contribution >= 0.6 is 0 Å². The van der Waals surface area contributed by atoms with Crippen molar-refractivity contribution < 1.29 is 29.4 Å². The van der Waals surface area contributed by atoms with Gasteiger partial charge in [-0.1, -0.05) is 117 Å². The largest absolute Gasteiger partial charge is 0.480 e. The lowest BCUT2D eigenvalue weighted by Gasteiger charge is -2.03. The molecular weight excluding hydrogens is 460 g/mol. The molecule has 0 fully saturated rings. The molecule has 0 bridgehead atoms. The molecule has 0 saturated carbocycles. The van der Waals surface area contributed by atoms with Crippen LogP contribution in [0.5, 0.6) is 0 Å². The van der Waals surface area contributed by atoms with Crippen LogP contribution in [0.15, 0.2) is 0 Å². The number of unbranched alkanes of at least 4 members (excludes halogenated alkanes) is 16. The third kappa shape index (κ3) is 34.0. The standard InChI is InChI=1S/2C14H27NO3/c2*1-2-3-4-5-6-7-8-9-10-11-13(16)15-12-14(17)18/h2*2-12H2,1H3,(H,15,16)(H,17,18). The van der Waals surface area contributed by atoms with Crippen LogP contribution in [0.2, 0.25) is 0 Å². The van der Waals surface area contributed by atoms with Crippen molar-refractivity contribution in [2.24, 2.45) is 0 Å². The number of nitrogens with one attached hydrogen (secondary N) is 2. The first-order valence-electron chi connectivity index (χ1n) is 14.3. The van der Waals surface area contributed by atoms with Gasteiger partial charge in [-0.2, -0.15) is 0 Å². The molecule has 0 saturated heterocycles. The van der Waals surface area contributed by atoms with Crippen LogP contribution in [0.4, 0.5) is 0 Å². The number of rotatable bonds is 24. The van der Waals surface area contributed by atoms with Gasteiger partial charge in [-0.05, 0) is 12.8 Å². The summed E-state index contributed by atoms with van der Waals surface area (Å²) in [5, 5.41) is 21.5. The highest BCUT2D eigenvalue weighted by Crippen LogP contribution is 2.11. The summed E-state index contributed by atoms with van der Waals surface area (Å²) in [7, 11) is 0. The molecule has 0 aliphatic rings. The Morgan fingerprint density at radius 3 is 0.944 bits per heavy atom. The fraction of sp³-hybridized carbons (Fsp3) is 0.857. The zero-order valence-corrected chi connectivity index (χ0v) is 23.1. The van der Waals surface area contributed by atoms with Crippen molar-refractivity contribution in [1.29, 1.82) is 0 Å².